The van der Waals surface area contributed by atoms with E-state index in [1.807, 2.05) is 18.9 Å². The fourth-order valence-electron chi connectivity index (χ4n) is 2.43. The van der Waals surface area contributed by atoms with Gasteiger partial charge in [-0.25, -0.2) is 0 Å². The molecule has 2 rings (SSSR count). The topological polar surface area (TPSA) is 80.4 Å². The Balaban J connectivity index is 2.01. The van der Waals surface area contributed by atoms with E-state index < -0.39 is 0 Å². The number of nitrogen functional groups attached to an aromatic ring is 1. The van der Waals surface area contributed by atoms with Crippen molar-refractivity contribution in [1.82, 2.24) is 19.9 Å². The van der Waals surface area contributed by atoms with Crippen molar-refractivity contribution in [3.05, 3.63) is 0 Å². The maximum atomic E-state index is 5.72. The van der Waals surface area contributed by atoms with Crippen LogP contribution in [0.1, 0.15) is 19.8 Å². The first-order chi connectivity index (χ1) is 9.58. The lowest BCUT2D eigenvalue weighted by Crippen LogP contribution is -2.29. The Morgan fingerprint density at radius 2 is 2.20 bits per heavy atom. The number of hydrogen-bond donors (Lipinski definition) is 1. The minimum absolute atomic E-state index is 0.205. The Kier molecular flexibility index (Phi) is 4.94. The van der Waals surface area contributed by atoms with Gasteiger partial charge in [0.2, 0.25) is 11.9 Å². The van der Waals surface area contributed by atoms with E-state index >= 15 is 0 Å². The van der Waals surface area contributed by atoms with Gasteiger partial charge in [0.15, 0.2) is 0 Å². The summed E-state index contributed by atoms with van der Waals surface area (Å²) >= 11 is 0. The summed E-state index contributed by atoms with van der Waals surface area (Å²) in [5, 5.41) is 0. The molecule has 1 aliphatic heterocycles. The molecule has 0 aromatic carbocycles. The molecule has 1 unspecified atom stereocenters. The molecule has 2 N–H and O–H groups in total. The van der Waals surface area contributed by atoms with Crippen LogP contribution in [0.2, 0.25) is 0 Å². The first-order valence-corrected chi connectivity index (χ1v) is 7.12. The van der Waals surface area contributed by atoms with Crippen molar-refractivity contribution in [1.29, 1.82) is 0 Å². The predicted molar refractivity (Wildman–Crippen MR) is 78.9 cm³/mol. The average molecular weight is 280 g/mol. The molecule has 7 heteroatoms. The van der Waals surface area contributed by atoms with Crippen LogP contribution < -0.4 is 15.4 Å². The van der Waals surface area contributed by atoms with E-state index in [1.54, 1.807) is 0 Å². The van der Waals surface area contributed by atoms with Gasteiger partial charge >= 0.3 is 6.01 Å². The molecule has 1 saturated heterocycles. The number of rotatable bonds is 6. The molecule has 1 aromatic rings. The highest BCUT2D eigenvalue weighted by molar-refractivity contribution is 5.35. The molecular formula is C13H24N6O. The van der Waals surface area contributed by atoms with Crippen LogP contribution in [0.5, 0.6) is 6.01 Å². The van der Waals surface area contributed by atoms with Gasteiger partial charge in [-0.3, -0.25) is 0 Å². The third kappa shape index (κ3) is 3.93. The van der Waals surface area contributed by atoms with Gasteiger partial charge in [0.05, 0.1) is 6.61 Å². The Hall–Kier alpha value is -1.63. The van der Waals surface area contributed by atoms with Crippen LogP contribution in [-0.4, -0.2) is 60.2 Å². The minimum Gasteiger partial charge on any atom is -0.463 e. The van der Waals surface area contributed by atoms with Crippen LogP contribution in [0.15, 0.2) is 0 Å². The van der Waals surface area contributed by atoms with E-state index in [1.165, 1.54) is 6.42 Å². The molecule has 1 aliphatic rings. The van der Waals surface area contributed by atoms with Crippen molar-refractivity contribution in [3.63, 3.8) is 0 Å². The van der Waals surface area contributed by atoms with Crippen molar-refractivity contribution < 1.29 is 4.74 Å². The molecule has 2 heterocycles. The molecule has 112 valence electrons. The van der Waals surface area contributed by atoms with E-state index in [2.05, 4.69) is 26.9 Å². The van der Waals surface area contributed by atoms with Crippen molar-refractivity contribution in [2.45, 2.75) is 19.8 Å². The predicted octanol–water partition coefficient (Wildman–Crippen LogP) is 0.631. The van der Waals surface area contributed by atoms with Crippen molar-refractivity contribution >= 4 is 11.9 Å². The second-order valence-electron chi connectivity index (χ2n) is 5.42. The summed E-state index contributed by atoms with van der Waals surface area (Å²) in [7, 11) is 4.13. The van der Waals surface area contributed by atoms with Crippen LogP contribution in [0.25, 0.3) is 0 Å². The standard InChI is InChI=1S/C13H24N6O/c1-4-7-20-13-16-11(14)15-12(17-13)19(3)9-10-5-6-18(2)8-10/h10H,4-9H2,1-3H3,(H2,14,15,16,17). The van der Waals surface area contributed by atoms with Crippen LogP contribution in [0.4, 0.5) is 11.9 Å². The van der Waals surface area contributed by atoms with Crippen molar-refractivity contribution in [2.75, 3.05) is 51.0 Å². The SMILES string of the molecule is CCCOc1nc(N)nc(N(C)CC2CCN(C)C2)n1. The van der Waals surface area contributed by atoms with Crippen molar-refractivity contribution in [3.8, 4) is 6.01 Å². The fraction of sp³-hybridized carbons (Fsp3) is 0.769. The lowest BCUT2D eigenvalue weighted by atomic mass is 10.1. The number of aromatic nitrogens is 3. The highest BCUT2D eigenvalue weighted by Crippen LogP contribution is 2.18. The van der Waals surface area contributed by atoms with Crippen LogP contribution >= 0.6 is 0 Å². The fourth-order valence-corrected chi connectivity index (χ4v) is 2.43. The van der Waals surface area contributed by atoms with E-state index in [0.717, 1.165) is 26.1 Å². The van der Waals surface area contributed by atoms with E-state index in [0.29, 0.717) is 24.5 Å². The van der Waals surface area contributed by atoms with Crippen LogP contribution in [0.3, 0.4) is 0 Å². The Morgan fingerprint density at radius 1 is 1.40 bits per heavy atom. The van der Waals surface area contributed by atoms with Gasteiger partial charge in [0.25, 0.3) is 0 Å². The van der Waals surface area contributed by atoms with Gasteiger partial charge < -0.3 is 20.3 Å². The number of nitrogens with zero attached hydrogens (tertiary/aromatic N) is 5. The highest BCUT2D eigenvalue weighted by Gasteiger charge is 2.22. The quantitative estimate of drug-likeness (QED) is 0.818. The number of ether oxygens (including phenoxy) is 1. The zero-order valence-electron chi connectivity index (χ0n) is 12.5. The largest absolute Gasteiger partial charge is 0.463 e. The summed E-state index contributed by atoms with van der Waals surface area (Å²) in [6.45, 7) is 5.81. The van der Waals surface area contributed by atoms with Gasteiger partial charge in [0.1, 0.15) is 0 Å². The maximum absolute atomic E-state index is 5.72. The smallest absolute Gasteiger partial charge is 0.323 e. The first-order valence-electron chi connectivity index (χ1n) is 7.12. The Labute approximate surface area is 120 Å². The maximum Gasteiger partial charge on any atom is 0.323 e. The van der Waals surface area contributed by atoms with E-state index in [-0.39, 0.29) is 5.95 Å². The van der Waals surface area contributed by atoms with Crippen LogP contribution in [0, 0.1) is 5.92 Å². The molecular weight excluding hydrogens is 256 g/mol. The first kappa shape index (κ1) is 14.8. The lowest BCUT2D eigenvalue weighted by Gasteiger charge is -2.21. The molecule has 0 aliphatic carbocycles. The zero-order valence-corrected chi connectivity index (χ0v) is 12.5. The Bertz CT molecular complexity index is 441. The molecule has 0 bridgehead atoms. The van der Waals surface area contributed by atoms with Gasteiger partial charge in [-0.05, 0) is 32.4 Å². The average Bonchev–Trinajstić information content (AvgIpc) is 2.81. The Morgan fingerprint density at radius 3 is 2.85 bits per heavy atom. The summed E-state index contributed by atoms with van der Waals surface area (Å²) in [6.07, 6.45) is 2.12. The molecule has 0 saturated carbocycles. The third-order valence-corrected chi connectivity index (χ3v) is 3.42. The number of anilines is 2. The molecule has 20 heavy (non-hydrogen) atoms. The monoisotopic (exact) mass is 280 g/mol. The molecule has 0 spiro atoms. The normalized spacial score (nSPS) is 19.2. The lowest BCUT2D eigenvalue weighted by molar-refractivity contribution is 0.292. The summed E-state index contributed by atoms with van der Waals surface area (Å²) in [5.74, 6) is 1.43. The molecule has 0 radical (unpaired) electrons. The molecule has 0 amide bonds. The third-order valence-electron chi connectivity index (χ3n) is 3.42. The van der Waals surface area contributed by atoms with E-state index in [4.69, 9.17) is 10.5 Å². The van der Waals surface area contributed by atoms with Gasteiger partial charge in [0, 0.05) is 20.1 Å². The van der Waals surface area contributed by atoms with Crippen molar-refractivity contribution in [2.24, 2.45) is 5.92 Å². The van der Waals surface area contributed by atoms with E-state index in [9.17, 15) is 0 Å². The van der Waals surface area contributed by atoms with Crippen LogP contribution in [-0.2, 0) is 0 Å². The summed E-state index contributed by atoms with van der Waals surface area (Å²) < 4.78 is 5.44. The second-order valence-corrected chi connectivity index (χ2v) is 5.42. The highest BCUT2D eigenvalue weighted by atomic mass is 16.5. The summed E-state index contributed by atoms with van der Waals surface area (Å²) in [4.78, 5) is 16.9. The number of likely N-dealkylation sites (tertiary alicyclic amines) is 1. The number of nitrogens with two attached hydrogens (primary N) is 1. The van der Waals surface area contributed by atoms with Gasteiger partial charge in [-0.2, -0.15) is 15.0 Å². The summed E-state index contributed by atoms with van der Waals surface area (Å²) in [5.41, 5.74) is 5.72. The molecule has 1 atom stereocenters. The minimum atomic E-state index is 0.205. The molecule has 1 fully saturated rings. The molecule has 1 aromatic heterocycles. The molecule has 7 nitrogen and oxygen atoms in total. The van der Waals surface area contributed by atoms with Gasteiger partial charge in [-0.15, -0.1) is 0 Å². The van der Waals surface area contributed by atoms with Gasteiger partial charge in [-0.1, -0.05) is 6.92 Å². The summed E-state index contributed by atoms with van der Waals surface area (Å²) in [6, 6.07) is 0.310. The second kappa shape index (κ2) is 6.69. The number of hydrogen-bond acceptors (Lipinski definition) is 7. The zero-order chi connectivity index (χ0) is 14.5.